The van der Waals surface area contributed by atoms with E-state index in [1.165, 1.54) is 0 Å². The summed E-state index contributed by atoms with van der Waals surface area (Å²) < 4.78 is 5.27. The van der Waals surface area contributed by atoms with Crippen LogP contribution in [0.4, 0.5) is 0 Å². The summed E-state index contributed by atoms with van der Waals surface area (Å²) in [5.74, 6) is 0.933. The topological polar surface area (TPSA) is 74.6 Å². The largest absolute Gasteiger partial charge is 0.512 e. The number of benzene rings is 2. The summed E-state index contributed by atoms with van der Waals surface area (Å²) >= 11 is 0. The fourth-order valence-electron chi connectivity index (χ4n) is 2.89. The third kappa shape index (κ3) is 4.35. The molecule has 0 fully saturated rings. The number of nitrogens with one attached hydrogen (secondary N) is 1. The molecule has 0 spiro atoms. The SMILES string of the molecule is C=C(NCC(C)(C)C(=C)O)c1ncc(-c2ccc3cc(OC)ccc3c2)cc1O. The molecule has 3 N–H and O–H groups in total. The molecule has 1 aromatic heterocycles. The fraction of sp³-hybridized carbons (Fsp3) is 0.208. The first-order valence-electron chi connectivity index (χ1n) is 9.30. The summed E-state index contributed by atoms with van der Waals surface area (Å²) in [6.07, 6.45) is 1.71. The number of rotatable bonds is 7. The van der Waals surface area contributed by atoms with Gasteiger partial charge in [-0.25, -0.2) is 0 Å². The summed E-state index contributed by atoms with van der Waals surface area (Å²) in [5.41, 5.74) is 2.09. The molecule has 5 nitrogen and oxygen atoms in total. The van der Waals surface area contributed by atoms with E-state index in [9.17, 15) is 10.2 Å². The van der Waals surface area contributed by atoms with E-state index in [-0.39, 0.29) is 11.5 Å². The molecule has 29 heavy (non-hydrogen) atoms. The van der Waals surface area contributed by atoms with Crippen LogP contribution in [0, 0.1) is 5.41 Å². The van der Waals surface area contributed by atoms with Crippen LogP contribution in [0.3, 0.4) is 0 Å². The van der Waals surface area contributed by atoms with Crippen molar-refractivity contribution in [2.45, 2.75) is 13.8 Å². The number of aromatic nitrogens is 1. The second kappa shape index (κ2) is 7.87. The van der Waals surface area contributed by atoms with E-state index in [1.807, 2.05) is 50.2 Å². The highest BCUT2D eigenvalue weighted by Crippen LogP contribution is 2.31. The minimum absolute atomic E-state index is 0.0375. The first kappa shape index (κ1) is 20.3. The molecule has 0 amide bonds. The number of aliphatic hydroxyl groups is 1. The quantitative estimate of drug-likeness (QED) is 0.479. The van der Waals surface area contributed by atoms with Gasteiger partial charge in [-0.15, -0.1) is 0 Å². The summed E-state index contributed by atoms with van der Waals surface area (Å²) in [6, 6.07) is 13.6. The number of hydrogen-bond acceptors (Lipinski definition) is 5. The zero-order valence-electron chi connectivity index (χ0n) is 17.0. The molecule has 0 radical (unpaired) electrons. The van der Waals surface area contributed by atoms with Crippen molar-refractivity contribution in [1.29, 1.82) is 0 Å². The van der Waals surface area contributed by atoms with Gasteiger partial charge in [0.1, 0.15) is 17.2 Å². The Balaban J connectivity index is 1.83. The van der Waals surface area contributed by atoms with Gasteiger partial charge >= 0.3 is 0 Å². The van der Waals surface area contributed by atoms with Crippen molar-refractivity contribution in [3.63, 3.8) is 0 Å². The van der Waals surface area contributed by atoms with Gasteiger partial charge in [-0.1, -0.05) is 45.2 Å². The average Bonchev–Trinajstić information content (AvgIpc) is 2.71. The normalized spacial score (nSPS) is 11.3. The molecule has 0 atom stereocenters. The minimum atomic E-state index is -0.522. The number of fused-ring (bicyclic) bond motifs is 1. The van der Waals surface area contributed by atoms with Gasteiger partial charge in [0.25, 0.3) is 0 Å². The standard InChI is InChI=1S/C24H26N2O3/c1-15(26-14-24(3,4)16(2)27)23-22(28)12-20(13-25-23)18-6-7-19-11-21(29-5)9-8-17(19)10-18/h6-13,26-28H,1-2,14H2,3-5H3. The molecule has 2 aromatic carbocycles. The van der Waals surface area contributed by atoms with Crippen LogP contribution in [0.5, 0.6) is 11.5 Å². The van der Waals surface area contributed by atoms with Gasteiger partial charge in [-0.3, -0.25) is 4.98 Å². The van der Waals surface area contributed by atoms with Gasteiger partial charge in [0, 0.05) is 23.7 Å². The van der Waals surface area contributed by atoms with Crippen LogP contribution in [-0.2, 0) is 0 Å². The van der Waals surface area contributed by atoms with Gasteiger partial charge in [0.2, 0.25) is 0 Å². The lowest BCUT2D eigenvalue weighted by atomic mass is 9.91. The van der Waals surface area contributed by atoms with Crippen LogP contribution < -0.4 is 10.1 Å². The van der Waals surface area contributed by atoms with Crippen LogP contribution in [0.2, 0.25) is 0 Å². The lowest BCUT2D eigenvalue weighted by Gasteiger charge is -2.24. The molecule has 5 heteroatoms. The fourth-order valence-corrected chi connectivity index (χ4v) is 2.89. The lowest BCUT2D eigenvalue weighted by Crippen LogP contribution is -2.29. The van der Waals surface area contributed by atoms with E-state index < -0.39 is 5.41 Å². The van der Waals surface area contributed by atoms with Gasteiger partial charge in [-0.05, 0) is 40.6 Å². The first-order valence-corrected chi connectivity index (χ1v) is 9.30. The molecular weight excluding hydrogens is 364 g/mol. The number of nitrogens with zero attached hydrogens (tertiary/aromatic N) is 1. The molecule has 0 aliphatic carbocycles. The molecule has 0 aliphatic rings. The number of hydrogen-bond donors (Lipinski definition) is 3. The summed E-state index contributed by atoms with van der Waals surface area (Å²) in [7, 11) is 1.65. The van der Waals surface area contributed by atoms with Crippen molar-refractivity contribution in [1.82, 2.24) is 10.3 Å². The van der Waals surface area contributed by atoms with Crippen molar-refractivity contribution >= 4 is 16.5 Å². The maximum absolute atomic E-state index is 10.5. The lowest BCUT2D eigenvalue weighted by molar-refractivity contribution is 0.259. The number of ether oxygens (including phenoxy) is 1. The molecule has 0 bridgehead atoms. The summed E-state index contributed by atoms with van der Waals surface area (Å²) in [5, 5.41) is 25.4. The van der Waals surface area contributed by atoms with Crippen LogP contribution >= 0.6 is 0 Å². The van der Waals surface area contributed by atoms with E-state index in [0.29, 0.717) is 17.9 Å². The summed E-state index contributed by atoms with van der Waals surface area (Å²) in [6.45, 7) is 11.7. The highest BCUT2D eigenvalue weighted by atomic mass is 16.5. The van der Waals surface area contributed by atoms with Crippen molar-refractivity contribution in [2.24, 2.45) is 5.41 Å². The predicted molar refractivity (Wildman–Crippen MR) is 118 cm³/mol. The Labute approximate surface area is 171 Å². The molecule has 0 saturated carbocycles. The van der Waals surface area contributed by atoms with Crippen LogP contribution in [0.25, 0.3) is 27.6 Å². The first-order chi connectivity index (χ1) is 13.7. The molecule has 0 saturated heterocycles. The van der Waals surface area contributed by atoms with E-state index in [2.05, 4.69) is 23.5 Å². The van der Waals surface area contributed by atoms with Gasteiger partial charge in [0.15, 0.2) is 0 Å². The third-order valence-corrected chi connectivity index (χ3v) is 5.06. The Morgan fingerprint density at radius 1 is 1.07 bits per heavy atom. The average molecular weight is 390 g/mol. The Kier molecular flexibility index (Phi) is 5.50. The van der Waals surface area contributed by atoms with Crippen LogP contribution in [0.1, 0.15) is 19.5 Å². The zero-order chi connectivity index (χ0) is 21.2. The van der Waals surface area contributed by atoms with Gasteiger partial charge in [0.05, 0.1) is 18.6 Å². The van der Waals surface area contributed by atoms with Crippen molar-refractivity contribution in [3.05, 3.63) is 73.3 Å². The van der Waals surface area contributed by atoms with E-state index >= 15 is 0 Å². The molecule has 1 heterocycles. The Morgan fingerprint density at radius 3 is 2.41 bits per heavy atom. The zero-order valence-corrected chi connectivity index (χ0v) is 17.0. The van der Waals surface area contributed by atoms with Crippen molar-refractivity contribution in [2.75, 3.05) is 13.7 Å². The maximum Gasteiger partial charge on any atom is 0.143 e. The monoisotopic (exact) mass is 390 g/mol. The Hall–Kier alpha value is -3.47. The predicted octanol–water partition coefficient (Wildman–Crippen LogP) is 5.27. The van der Waals surface area contributed by atoms with Crippen LogP contribution in [-0.4, -0.2) is 28.9 Å². The maximum atomic E-state index is 10.5. The minimum Gasteiger partial charge on any atom is -0.512 e. The van der Waals surface area contributed by atoms with E-state index in [0.717, 1.165) is 27.6 Å². The highest BCUT2D eigenvalue weighted by Gasteiger charge is 2.22. The second-order valence-electron chi connectivity index (χ2n) is 7.68. The molecule has 3 aromatic rings. The highest BCUT2D eigenvalue weighted by molar-refractivity contribution is 5.88. The second-order valence-corrected chi connectivity index (χ2v) is 7.68. The number of aliphatic hydroxyl groups excluding tert-OH is 1. The molecule has 3 rings (SSSR count). The number of aromatic hydroxyl groups is 1. The van der Waals surface area contributed by atoms with Crippen molar-refractivity contribution in [3.8, 4) is 22.6 Å². The third-order valence-electron chi connectivity index (χ3n) is 5.06. The van der Waals surface area contributed by atoms with E-state index in [4.69, 9.17) is 4.74 Å². The Morgan fingerprint density at radius 2 is 1.76 bits per heavy atom. The molecule has 0 aliphatic heterocycles. The molecule has 0 unspecified atom stereocenters. The van der Waals surface area contributed by atoms with Gasteiger partial charge in [-0.2, -0.15) is 0 Å². The summed E-state index contributed by atoms with van der Waals surface area (Å²) in [4.78, 5) is 4.39. The van der Waals surface area contributed by atoms with Crippen LogP contribution in [0.15, 0.2) is 67.6 Å². The number of methoxy groups -OCH3 is 1. The van der Waals surface area contributed by atoms with Crippen molar-refractivity contribution < 1.29 is 14.9 Å². The Bertz CT molecular complexity index is 1090. The molecule has 150 valence electrons. The number of pyridine rings is 1. The molecular formula is C24H26N2O3. The van der Waals surface area contributed by atoms with Gasteiger partial charge < -0.3 is 20.3 Å². The smallest absolute Gasteiger partial charge is 0.143 e. The van der Waals surface area contributed by atoms with E-state index in [1.54, 1.807) is 19.4 Å².